The molecule has 0 aromatic carbocycles. The molecule has 4 heterocycles. The van der Waals surface area contributed by atoms with E-state index in [1.807, 2.05) is 49.5 Å². The molecule has 1 amide bonds. The third-order valence-corrected chi connectivity index (χ3v) is 5.32. The molecule has 1 aliphatic heterocycles. The molecule has 146 valence electrons. The van der Waals surface area contributed by atoms with E-state index < -0.39 is 0 Å². The van der Waals surface area contributed by atoms with Gasteiger partial charge in [0.25, 0.3) is 5.91 Å². The van der Waals surface area contributed by atoms with Gasteiger partial charge < -0.3 is 9.80 Å². The number of amides is 1. The predicted octanol–water partition coefficient (Wildman–Crippen LogP) is 1.28. The van der Waals surface area contributed by atoms with Crippen molar-refractivity contribution in [3.05, 3.63) is 47.6 Å². The Morgan fingerprint density at radius 2 is 1.71 bits per heavy atom. The fourth-order valence-electron chi connectivity index (χ4n) is 3.64. The highest BCUT2D eigenvalue weighted by Crippen LogP contribution is 2.20. The van der Waals surface area contributed by atoms with Crippen LogP contribution in [0, 0.1) is 20.8 Å². The van der Waals surface area contributed by atoms with Gasteiger partial charge in [-0.1, -0.05) is 0 Å². The number of aromatic nitrogens is 6. The summed E-state index contributed by atoms with van der Waals surface area (Å²) in [6.45, 7) is 8.51. The molecule has 28 heavy (non-hydrogen) atoms. The average Bonchev–Trinajstić information content (AvgIpc) is 3.24. The first kappa shape index (κ1) is 18.1. The van der Waals surface area contributed by atoms with E-state index >= 15 is 0 Å². The van der Waals surface area contributed by atoms with Gasteiger partial charge in [0.2, 0.25) is 0 Å². The zero-order valence-electron chi connectivity index (χ0n) is 16.6. The first-order valence-electron chi connectivity index (χ1n) is 9.32. The lowest BCUT2D eigenvalue weighted by Gasteiger charge is -2.35. The zero-order valence-corrected chi connectivity index (χ0v) is 16.6. The average molecular weight is 380 g/mol. The number of carbonyl (C=O) groups excluding carboxylic acids is 1. The quantitative estimate of drug-likeness (QED) is 0.681. The number of aryl methyl sites for hydroxylation is 3. The number of hydrogen-bond donors (Lipinski definition) is 0. The Hall–Kier alpha value is -3.23. The number of piperazine rings is 1. The van der Waals surface area contributed by atoms with Gasteiger partial charge in [0.1, 0.15) is 23.8 Å². The monoisotopic (exact) mass is 380 g/mol. The molecule has 9 heteroatoms. The SMILES string of the molecule is Cc1nn(C)c(C)c1C(=O)N1CCN(c2cc(-n3ccnc3C)ncn2)CC1. The Kier molecular flexibility index (Phi) is 4.58. The molecule has 0 aliphatic carbocycles. The summed E-state index contributed by atoms with van der Waals surface area (Å²) < 4.78 is 3.69. The van der Waals surface area contributed by atoms with Gasteiger partial charge in [-0.2, -0.15) is 5.10 Å². The molecule has 1 fully saturated rings. The first-order chi connectivity index (χ1) is 13.5. The molecule has 0 saturated carbocycles. The molecule has 0 unspecified atom stereocenters. The molecule has 3 aromatic heterocycles. The smallest absolute Gasteiger partial charge is 0.257 e. The van der Waals surface area contributed by atoms with Crippen molar-refractivity contribution in [3.8, 4) is 5.82 Å². The second-order valence-corrected chi connectivity index (χ2v) is 7.03. The molecule has 3 aromatic rings. The second-order valence-electron chi connectivity index (χ2n) is 7.03. The second kappa shape index (κ2) is 7.06. The van der Waals surface area contributed by atoms with E-state index in [0.717, 1.165) is 47.5 Å². The maximum Gasteiger partial charge on any atom is 0.257 e. The van der Waals surface area contributed by atoms with Crippen LogP contribution in [-0.4, -0.2) is 66.3 Å². The van der Waals surface area contributed by atoms with Crippen LogP contribution in [0.3, 0.4) is 0 Å². The molecule has 1 saturated heterocycles. The van der Waals surface area contributed by atoms with Gasteiger partial charge >= 0.3 is 0 Å². The number of nitrogens with zero attached hydrogens (tertiary/aromatic N) is 8. The molecule has 0 spiro atoms. The van der Waals surface area contributed by atoms with Crippen molar-refractivity contribution in [1.82, 2.24) is 34.2 Å². The number of rotatable bonds is 3. The van der Waals surface area contributed by atoms with E-state index in [4.69, 9.17) is 0 Å². The van der Waals surface area contributed by atoms with Crippen LogP contribution in [0.25, 0.3) is 5.82 Å². The van der Waals surface area contributed by atoms with Crippen LogP contribution in [0.15, 0.2) is 24.8 Å². The molecular weight excluding hydrogens is 356 g/mol. The van der Waals surface area contributed by atoms with Crippen LogP contribution in [0.2, 0.25) is 0 Å². The highest BCUT2D eigenvalue weighted by molar-refractivity contribution is 5.96. The minimum atomic E-state index is 0.0557. The van der Waals surface area contributed by atoms with Crippen molar-refractivity contribution in [2.75, 3.05) is 31.1 Å². The van der Waals surface area contributed by atoms with Crippen molar-refractivity contribution in [2.24, 2.45) is 7.05 Å². The number of hydrogen-bond acceptors (Lipinski definition) is 6. The topological polar surface area (TPSA) is 85.0 Å². The summed E-state index contributed by atoms with van der Waals surface area (Å²) in [5.41, 5.74) is 2.40. The van der Waals surface area contributed by atoms with E-state index in [1.54, 1.807) is 17.2 Å². The van der Waals surface area contributed by atoms with Gasteiger partial charge in [-0.15, -0.1) is 0 Å². The molecular formula is C19H24N8O. The van der Waals surface area contributed by atoms with Crippen molar-refractivity contribution in [2.45, 2.75) is 20.8 Å². The summed E-state index contributed by atoms with van der Waals surface area (Å²) in [7, 11) is 1.87. The lowest BCUT2D eigenvalue weighted by Crippen LogP contribution is -2.49. The van der Waals surface area contributed by atoms with Crippen LogP contribution in [0.4, 0.5) is 5.82 Å². The number of imidazole rings is 1. The normalized spacial score (nSPS) is 14.6. The summed E-state index contributed by atoms with van der Waals surface area (Å²) in [6, 6.07) is 1.96. The molecule has 9 nitrogen and oxygen atoms in total. The van der Waals surface area contributed by atoms with E-state index in [0.29, 0.717) is 13.1 Å². The fourth-order valence-corrected chi connectivity index (χ4v) is 3.64. The van der Waals surface area contributed by atoms with Crippen LogP contribution >= 0.6 is 0 Å². The summed E-state index contributed by atoms with van der Waals surface area (Å²) in [5.74, 6) is 2.58. The predicted molar refractivity (Wildman–Crippen MR) is 105 cm³/mol. The maximum absolute atomic E-state index is 13.0. The highest BCUT2D eigenvalue weighted by atomic mass is 16.2. The van der Waals surface area contributed by atoms with Gasteiger partial charge in [-0.05, 0) is 20.8 Å². The summed E-state index contributed by atoms with van der Waals surface area (Å²) in [4.78, 5) is 30.1. The Balaban J connectivity index is 1.47. The summed E-state index contributed by atoms with van der Waals surface area (Å²) in [5, 5.41) is 4.36. The third-order valence-electron chi connectivity index (χ3n) is 5.32. The molecule has 0 radical (unpaired) electrons. The number of carbonyl (C=O) groups is 1. The third kappa shape index (κ3) is 3.12. The van der Waals surface area contributed by atoms with Crippen molar-refractivity contribution in [3.63, 3.8) is 0 Å². The summed E-state index contributed by atoms with van der Waals surface area (Å²) in [6.07, 6.45) is 5.21. The van der Waals surface area contributed by atoms with Gasteiger partial charge in [0.15, 0.2) is 0 Å². The highest BCUT2D eigenvalue weighted by Gasteiger charge is 2.27. The zero-order chi connectivity index (χ0) is 19.8. The summed E-state index contributed by atoms with van der Waals surface area (Å²) >= 11 is 0. The van der Waals surface area contributed by atoms with E-state index in [-0.39, 0.29) is 5.91 Å². The molecule has 0 N–H and O–H groups in total. The van der Waals surface area contributed by atoms with Crippen molar-refractivity contribution < 1.29 is 4.79 Å². The Bertz CT molecular complexity index is 1010. The van der Waals surface area contributed by atoms with Crippen LogP contribution in [0.1, 0.15) is 27.6 Å². The van der Waals surface area contributed by atoms with Crippen LogP contribution in [0.5, 0.6) is 0 Å². The standard InChI is InChI=1S/C19H24N8O/c1-13-18(14(2)24(4)23-13)19(28)26-9-7-25(8-10-26)16-11-17(22-12-21-16)27-6-5-20-15(27)3/h5-6,11-12H,7-10H2,1-4H3. The lowest BCUT2D eigenvalue weighted by atomic mass is 10.1. The minimum Gasteiger partial charge on any atom is -0.353 e. The molecule has 1 aliphatic rings. The molecule has 0 atom stereocenters. The van der Waals surface area contributed by atoms with Gasteiger partial charge in [-0.25, -0.2) is 15.0 Å². The first-order valence-corrected chi connectivity index (χ1v) is 9.32. The van der Waals surface area contributed by atoms with E-state index in [2.05, 4.69) is 25.0 Å². The van der Waals surface area contributed by atoms with Gasteiger partial charge in [-0.3, -0.25) is 14.0 Å². The number of anilines is 1. The van der Waals surface area contributed by atoms with Gasteiger partial charge in [0.05, 0.1) is 11.3 Å². The van der Waals surface area contributed by atoms with Gasteiger partial charge in [0, 0.05) is 57.4 Å². The lowest BCUT2D eigenvalue weighted by molar-refractivity contribution is 0.0745. The Morgan fingerprint density at radius 1 is 1.00 bits per heavy atom. The maximum atomic E-state index is 13.0. The van der Waals surface area contributed by atoms with Crippen LogP contribution < -0.4 is 4.90 Å². The minimum absolute atomic E-state index is 0.0557. The molecule has 4 rings (SSSR count). The van der Waals surface area contributed by atoms with E-state index in [1.165, 1.54) is 0 Å². The van der Waals surface area contributed by atoms with Crippen molar-refractivity contribution >= 4 is 11.7 Å². The fraction of sp³-hybridized carbons (Fsp3) is 0.421. The molecule has 0 bridgehead atoms. The Labute approximate surface area is 163 Å². The van der Waals surface area contributed by atoms with E-state index in [9.17, 15) is 4.79 Å². The van der Waals surface area contributed by atoms with Crippen LogP contribution in [-0.2, 0) is 7.05 Å². The largest absolute Gasteiger partial charge is 0.353 e. The van der Waals surface area contributed by atoms with Crippen molar-refractivity contribution in [1.29, 1.82) is 0 Å². The Morgan fingerprint density at radius 3 is 2.32 bits per heavy atom.